The number of nitrogens with one attached hydrogen (secondary N) is 1. The van der Waals surface area contributed by atoms with Gasteiger partial charge in [-0.1, -0.05) is 6.07 Å². The Labute approximate surface area is 178 Å². The number of nitrogens with zero attached hydrogens (tertiary/aromatic N) is 3. The highest BCUT2D eigenvalue weighted by Crippen LogP contribution is 2.33. The first kappa shape index (κ1) is 18.5. The van der Waals surface area contributed by atoms with Crippen LogP contribution in [0.3, 0.4) is 0 Å². The van der Waals surface area contributed by atoms with Crippen molar-refractivity contribution in [2.75, 3.05) is 5.32 Å². The van der Waals surface area contributed by atoms with E-state index in [-0.39, 0.29) is 18.0 Å². The van der Waals surface area contributed by atoms with Crippen molar-refractivity contribution in [2.24, 2.45) is 0 Å². The molecule has 1 amide bonds. The zero-order valence-corrected chi connectivity index (χ0v) is 17.1. The Kier molecular flexibility index (Phi) is 4.74. The summed E-state index contributed by atoms with van der Waals surface area (Å²) in [5.41, 5.74) is 2.12. The summed E-state index contributed by atoms with van der Waals surface area (Å²) >= 11 is 2.99. The molecule has 148 valence electrons. The molecule has 0 radical (unpaired) electrons. The average Bonchev–Trinajstić information content (AvgIpc) is 3.52. The van der Waals surface area contributed by atoms with Gasteiger partial charge in [-0.15, -0.1) is 22.7 Å². The van der Waals surface area contributed by atoms with E-state index in [1.165, 1.54) is 28.6 Å². The number of rotatable bonds is 5. The Morgan fingerprint density at radius 3 is 2.77 bits per heavy atom. The molecule has 5 rings (SSSR count). The topological polar surface area (TPSA) is 90.0 Å². The molecule has 1 N–H and O–H groups in total. The van der Waals surface area contributed by atoms with Crippen molar-refractivity contribution in [3.8, 4) is 21.8 Å². The van der Waals surface area contributed by atoms with Crippen LogP contribution in [0.5, 0.6) is 0 Å². The molecule has 4 aromatic heterocycles. The molecule has 0 unspecified atom stereocenters. The van der Waals surface area contributed by atoms with E-state index in [9.17, 15) is 9.59 Å². The summed E-state index contributed by atoms with van der Waals surface area (Å²) in [5.74, 6) is 0.342. The number of carbonyl (C=O) groups is 1. The molecule has 7 nitrogen and oxygen atoms in total. The Morgan fingerprint density at radius 1 is 1.17 bits per heavy atom. The molecule has 0 bridgehead atoms. The van der Waals surface area contributed by atoms with Crippen LogP contribution >= 0.6 is 22.7 Å². The number of hydrogen-bond donors (Lipinski definition) is 1. The Morgan fingerprint density at radius 2 is 2.03 bits per heavy atom. The minimum atomic E-state index is -0.307. The Hall–Kier alpha value is -3.56. The molecular weight excluding hydrogens is 420 g/mol. The summed E-state index contributed by atoms with van der Waals surface area (Å²) in [6.07, 6.45) is 4.41. The van der Waals surface area contributed by atoms with Crippen molar-refractivity contribution in [3.05, 3.63) is 76.4 Å². The van der Waals surface area contributed by atoms with Gasteiger partial charge in [-0.3, -0.25) is 14.2 Å². The molecular formula is C21H14N4O3S2. The van der Waals surface area contributed by atoms with Gasteiger partial charge in [-0.2, -0.15) is 0 Å². The van der Waals surface area contributed by atoms with E-state index in [0.717, 1.165) is 16.0 Å². The molecule has 0 aliphatic heterocycles. The van der Waals surface area contributed by atoms with E-state index in [4.69, 9.17) is 4.42 Å². The molecule has 0 aliphatic rings. The van der Waals surface area contributed by atoms with Gasteiger partial charge in [0.2, 0.25) is 5.91 Å². The quantitative estimate of drug-likeness (QED) is 0.440. The molecule has 1 aromatic carbocycles. The maximum Gasteiger partial charge on any atom is 0.263 e. The second-order valence-corrected chi connectivity index (χ2v) is 8.28. The van der Waals surface area contributed by atoms with Crippen LogP contribution in [0.4, 0.5) is 5.69 Å². The van der Waals surface area contributed by atoms with Gasteiger partial charge in [0.15, 0.2) is 12.2 Å². The van der Waals surface area contributed by atoms with Crippen LogP contribution in [0, 0.1) is 0 Å². The van der Waals surface area contributed by atoms with Crippen molar-refractivity contribution in [3.63, 3.8) is 0 Å². The van der Waals surface area contributed by atoms with E-state index in [1.807, 2.05) is 35.0 Å². The number of thiophene rings is 2. The number of oxazole rings is 1. The number of aromatic nitrogens is 3. The largest absolute Gasteiger partial charge is 0.444 e. The molecule has 0 spiro atoms. The fraction of sp³-hybridized carbons (Fsp3) is 0.0476. The predicted octanol–water partition coefficient (Wildman–Crippen LogP) is 4.48. The Bertz CT molecular complexity index is 1370. The van der Waals surface area contributed by atoms with Gasteiger partial charge in [-0.05, 0) is 35.7 Å². The van der Waals surface area contributed by atoms with Crippen LogP contribution in [0.2, 0.25) is 0 Å². The van der Waals surface area contributed by atoms with Gasteiger partial charge >= 0.3 is 0 Å². The summed E-state index contributed by atoms with van der Waals surface area (Å²) in [6.45, 7) is -0.120. The van der Waals surface area contributed by atoms with E-state index in [1.54, 1.807) is 29.7 Å². The van der Waals surface area contributed by atoms with Crippen LogP contribution in [0.1, 0.15) is 0 Å². The van der Waals surface area contributed by atoms with Crippen LogP contribution in [-0.4, -0.2) is 20.4 Å². The molecule has 0 saturated carbocycles. The monoisotopic (exact) mass is 434 g/mol. The van der Waals surface area contributed by atoms with E-state index in [2.05, 4.69) is 15.3 Å². The van der Waals surface area contributed by atoms with E-state index in [0.29, 0.717) is 21.7 Å². The zero-order valence-electron chi connectivity index (χ0n) is 15.4. The second kappa shape index (κ2) is 7.69. The molecule has 0 fully saturated rings. The van der Waals surface area contributed by atoms with E-state index < -0.39 is 0 Å². The van der Waals surface area contributed by atoms with Crippen LogP contribution in [-0.2, 0) is 11.3 Å². The number of hydrogen-bond acceptors (Lipinski definition) is 7. The van der Waals surface area contributed by atoms with Gasteiger partial charge in [-0.25, -0.2) is 9.97 Å². The lowest BCUT2D eigenvalue weighted by Crippen LogP contribution is -2.27. The number of fused-ring (bicyclic) bond motifs is 1. The van der Waals surface area contributed by atoms with Gasteiger partial charge in [0, 0.05) is 27.1 Å². The first-order chi connectivity index (χ1) is 14.7. The van der Waals surface area contributed by atoms with Gasteiger partial charge in [0.05, 0.1) is 17.9 Å². The lowest BCUT2D eigenvalue weighted by Gasteiger charge is -2.08. The zero-order chi connectivity index (χ0) is 20.5. The van der Waals surface area contributed by atoms with Crippen molar-refractivity contribution < 1.29 is 9.21 Å². The highest BCUT2D eigenvalue weighted by Gasteiger charge is 2.15. The molecule has 9 heteroatoms. The van der Waals surface area contributed by atoms with E-state index >= 15 is 0 Å². The average molecular weight is 435 g/mol. The smallest absolute Gasteiger partial charge is 0.263 e. The highest BCUT2D eigenvalue weighted by atomic mass is 32.1. The minimum Gasteiger partial charge on any atom is -0.444 e. The summed E-state index contributed by atoms with van der Waals surface area (Å²) < 4.78 is 6.59. The third-order valence-corrected chi connectivity index (χ3v) is 6.34. The predicted molar refractivity (Wildman–Crippen MR) is 118 cm³/mol. The highest BCUT2D eigenvalue weighted by molar-refractivity contribution is 7.18. The third-order valence-electron chi connectivity index (χ3n) is 4.55. The number of benzene rings is 1. The van der Waals surface area contributed by atoms with Crippen molar-refractivity contribution >= 4 is 44.5 Å². The second-order valence-electron chi connectivity index (χ2n) is 6.48. The van der Waals surface area contributed by atoms with Crippen molar-refractivity contribution in [1.82, 2.24) is 14.5 Å². The molecule has 0 atom stereocenters. The summed E-state index contributed by atoms with van der Waals surface area (Å²) in [7, 11) is 0. The van der Waals surface area contributed by atoms with Gasteiger partial charge in [0.1, 0.15) is 11.4 Å². The molecule has 4 heterocycles. The number of carbonyl (C=O) groups excluding carboxylic acids is 1. The van der Waals surface area contributed by atoms with Crippen LogP contribution < -0.4 is 10.9 Å². The molecule has 30 heavy (non-hydrogen) atoms. The summed E-state index contributed by atoms with van der Waals surface area (Å²) in [4.78, 5) is 35.5. The van der Waals surface area contributed by atoms with Gasteiger partial charge in [0.25, 0.3) is 5.56 Å². The maximum atomic E-state index is 13.0. The van der Waals surface area contributed by atoms with Gasteiger partial charge < -0.3 is 9.73 Å². The van der Waals surface area contributed by atoms with Crippen molar-refractivity contribution in [1.29, 1.82) is 0 Å². The minimum absolute atomic E-state index is 0.120. The summed E-state index contributed by atoms with van der Waals surface area (Å²) in [5, 5.41) is 7.26. The number of anilines is 1. The number of amides is 1. The van der Waals surface area contributed by atoms with Crippen molar-refractivity contribution in [2.45, 2.75) is 6.54 Å². The first-order valence-corrected chi connectivity index (χ1v) is 10.7. The fourth-order valence-corrected chi connectivity index (χ4v) is 4.85. The normalized spacial score (nSPS) is 11.1. The lowest BCUT2D eigenvalue weighted by molar-refractivity contribution is -0.116. The maximum absolute atomic E-state index is 13.0. The third kappa shape index (κ3) is 3.44. The van der Waals surface area contributed by atoms with Crippen LogP contribution in [0.15, 0.2) is 75.3 Å². The fourth-order valence-electron chi connectivity index (χ4n) is 3.12. The van der Waals surface area contributed by atoms with Crippen LogP contribution in [0.25, 0.3) is 32.0 Å². The lowest BCUT2D eigenvalue weighted by atomic mass is 10.1. The first-order valence-electron chi connectivity index (χ1n) is 8.98. The Balaban J connectivity index is 1.36. The summed E-state index contributed by atoms with van der Waals surface area (Å²) in [6, 6.07) is 11.1. The molecule has 0 saturated heterocycles. The SMILES string of the molecule is O=C(Cn1cnc2scc(-c3cccs3)c2c1=O)Nc1ccc(-c2cnco2)cc1. The standard InChI is InChI=1S/C21H14N4O3S2/c26-18(24-14-5-3-13(4-6-14)16-8-22-12-28-16)9-25-11-23-20-19(21(25)27)15(10-30-20)17-2-1-7-29-17/h1-8,10-12H,9H2,(H,24,26). The molecule has 5 aromatic rings. The molecule has 0 aliphatic carbocycles.